The Kier molecular flexibility index (Phi) is 11.0. The molecule has 2 amide bonds. The molecule has 10 nitrogen and oxygen atoms in total. The molecule has 2 fully saturated rings. The average Bonchev–Trinajstić information content (AvgIpc) is 2.80. The normalized spacial score (nSPS) is 21.9. The van der Waals surface area contributed by atoms with Gasteiger partial charge in [-0.3, -0.25) is 14.4 Å². The van der Waals surface area contributed by atoms with E-state index < -0.39 is 45.5 Å². The minimum absolute atomic E-state index is 0.0342. The molecular weight excluding hydrogens is 448 g/mol. The third kappa shape index (κ3) is 8.86. The van der Waals surface area contributed by atoms with Crippen molar-refractivity contribution in [1.29, 1.82) is 0 Å². The molecule has 2 aliphatic heterocycles. The van der Waals surface area contributed by atoms with Crippen LogP contribution in [-0.4, -0.2) is 79.6 Å². The number of amides is 2. The standard InChI is InChI=1S/C22H40N4O6S/c1-2-3-13-33(31,32)21(23)18(14-20(28)29)25-22(30)17-5-4-12-26(15-17)19(27)7-6-16-8-10-24-11-9-16/h16-18,21,24H,2-15,23H2,1H3,(H,25,30)(H,28,29)/t17-,18?,21+/m1/s1. The molecule has 0 radical (unpaired) electrons. The Morgan fingerprint density at radius 2 is 1.91 bits per heavy atom. The van der Waals surface area contributed by atoms with Gasteiger partial charge in [-0.05, 0) is 57.5 Å². The molecule has 2 rings (SSSR count). The quantitative estimate of drug-likeness (QED) is 0.308. The summed E-state index contributed by atoms with van der Waals surface area (Å²) in [4.78, 5) is 38.6. The van der Waals surface area contributed by atoms with Gasteiger partial charge in [-0.2, -0.15) is 0 Å². The number of piperidine rings is 2. The molecule has 3 atom stereocenters. The number of nitrogens with one attached hydrogen (secondary N) is 2. The van der Waals surface area contributed by atoms with Crippen molar-refractivity contribution < 1.29 is 27.9 Å². The number of aliphatic carboxylic acids is 1. The van der Waals surface area contributed by atoms with E-state index in [4.69, 9.17) is 5.73 Å². The zero-order chi connectivity index (χ0) is 24.4. The van der Waals surface area contributed by atoms with Gasteiger partial charge in [-0.1, -0.05) is 13.3 Å². The Labute approximate surface area is 196 Å². The molecule has 0 saturated carbocycles. The van der Waals surface area contributed by atoms with Gasteiger partial charge in [-0.25, -0.2) is 8.42 Å². The summed E-state index contributed by atoms with van der Waals surface area (Å²) < 4.78 is 25.0. The number of carbonyl (C=O) groups is 3. The molecule has 5 N–H and O–H groups in total. The van der Waals surface area contributed by atoms with Crippen LogP contribution >= 0.6 is 0 Å². The van der Waals surface area contributed by atoms with Crippen molar-refractivity contribution >= 4 is 27.6 Å². The van der Waals surface area contributed by atoms with Gasteiger partial charge in [0, 0.05) is 19.5 Å². The summed E-state index contributed by atoms with van der Waals surface area (Å²) in [6, 6.07) is -1.22. The van der Waals surface area contributed by atoms with Gasteiger partial charge < -0.3 is 26.4 Å². The third-order valence-electron chi connectivity index (χ3n) is 6.69. The molecule has 190 valence electrons. The fourth-order valence-electron chi connectivity index (χ4n) is 4.54. The molecule has 0 aromatic heterocycles. The number of hydrogen-bond donors (Lipinski definition) is 4. The van der Waals surface area contributed by atoms with Gasteiger partial charge in [0.25, 0.3) is 0 Å². The van der Waals surface area contributed by atoms with Crippen LogP contribution in [0.1, 0.15) is 64.7 Å². The highest BCUT2D eigenvalue weighted by Crippen LogP contribution is 2.22. The van der Waals surface area contributed by atoms with Gasteiger partial charge >= 0.3 is 5.97 Å². The molecule has 1 unspecified atom stereocenters. The summed E-state index contributed by atoms with van der Waals surface area (Å²) in [6.07, 6.45) is 5.18. The molecule has 2 saturated heterocycles. The van der Waals surface area contributed by atoms with E-state index in [0.29, 0.717) is 44.6 Å². The largest absolute Gasteiger partial charge is 0.481 e. The van der Waals surface area contributed by atoms with E-state index in [1.54, 1.807) is 4.90 Å². The van der Waals surface area contributed by atoms with Gasteiger partial charge in [0.15, 0.2) is 9.84 Å². The minimum Gasteiger partial charge on any atom is -0.481 e. The van der Waals surface area contributed by atoms with Gasteiger partial charge in [-0.15, -0.1) is 0 Å². The Morgan fingerprint density at radius 3 is 2.55 bits per heavy atom. The number of sulfone groups is 1. The number of likely N-dealkylation sites (tertiary alicyclic amines) is 1. The second kappa shape index (κ2) is 13.2. The van der Waals surface area contributed by atoms with Crippen molar-refractivity contribution in [2.75, 3.05) is 31.9 Å². The molecule has 2 aliphatic rings. The number of nitrogens with two attached hydrogens (primary N) is 1. The lowest BCUT2D eigenvalue weighted by atomic mass is 9.92. The van der Waals surface area contributed by atoms with Crippen molar-refractivity contribution in [2.45, 2.75) is 76.1 Å². The number of nitrogens with zero attached hydrogens (tertiary/aromatic N) is 1. The van der Waals surface area contributed by atoms with E-state index in [2.05, 4.69) is 10.6 Å². The summed E-state index contributed by atoms with van der Waals surface area (Å²) in [5.74, 6) is -1.76. The SMILES string of the molecule is CCCCS(=O)(=O)[C@H](N)C(CC(=O)O)NC(=O)[C@@H]1CCCN(C(=O)CCC2CCNCC2)C1. The first-order chi connectivity index (χ1) is 15.6. The first kappa shape index (κ1) is 27.5. The second-order valence-electron chi connectivity index (χ2n) is 9.31. The van der Waals surface area contributed by atoms with Crippen LogP contribution in [0.25, 0.3) is 0 Å². The lowest BCUT2D eigenvalue weighted by Crippen LogP contribution is -2.55. The number of carboxylic acid groups (broad SMARTS) is 1. The maximum atomic E-state index is 12.9. The average molecular weight is 489 g/mol. The maximum Gasteiger partial charge on any atom is 0.305 e. The molecule has 0 spiro atoms. The van der Waals surface area contributed by atoms with E-state index >= 15 is 0 Å². The van der Waals surface area contributed by atoms with Crippen molar-refractivity contribution in [3.63, 3.8) is 0 Å². The van der Waals surface area contributed by atoms with Crippen LogP contribution in [0.3, 0.4) is 0 Å². The smallest absolute Gasteiger partial charge is 0.305 e. The molecule has 0 aromatic carbocycles. The van der Waals surface area contributed by atoms with Crippen molar-refractivity contribution in [3.8, 4) is 0 Å². The minimum atomic E-state index is -3.76. The molecule has 33 heavy (non-hydrogen) atoms. The summed E-state index contributed by atoms with van der Waals surface area (Å²) >= 11 is 0. The number of rotatable bonds is 12. The van der Waals surface area contributed by atoms with Crippen LogP contribution in [-0.2, 0) is 24.2 Å². The van der Waals surface area contributed by atoms with E-state index in [1.165, 1.54) is 0 Å². The maximum absolute atomic E-state index is 12.9. The third-order valence-corrected chi connectivity index (χ3v) is 8.70. The molecule has 0 aromatic rings. The van der Waals surface area contributed by atoms with E-state index in [9.17, 15) is 27.9 Å². The fourth-order valence-corrected chi connectivity index (χ4v) is 6.17. The summed E-state index contributed by atoms with van der Waals surface area (Å²) in [5.41, 5.74) is 5.91. The molecular formula is C22H40N4O6S. The van der Waals surface area contributed by atoms with Crippen LogP contribution in [0, 0.1) is 11.8 Å². The Hall–Kier alpha value is -1.72. The first-order valence-electron chi connectivity index (χ1n) is 12.1. The number of hydrogen-bond acceptors (Lipinski definition) is 7. The van der Waals surface area contributed by atoms with Crippen LogP contribution in [0.15, 0.2) is 0 Å². The van der Waals surface area contributed by atoms with Crippen molar-refractivity contribution in [3.05, 3.63) is 0 Å². The summed E-state index contributed by atoms with van der Waals surface area (Å²) in [5, 5.41) is 13.6. The van der Waals surface area contributed by atoms with E-state index in [-0.39, 0.29) is 18.2 Å². The van der Waals surface area contributed by atoms with Crippen molar-refractivity contribution in [1.82, 2.24) is 15.5 Å². The van der Waals surface area contributed by atoms with Gasteiger partial charge in [0.05, 0.1) is 24.1 Å². The predicted octanol–water partition coefficient (Wildman–Crippen LogP) is 0.464. The number of carbonyl (C=O) groups excluding carboxylic acids is 2. The molecule has 11 heteroatoms. The van der Waals surface area contributed by atoms with Gasteiger partial charge in [0.2, 0.25) is 11.8 Å². The molecule has 0 bridgehead atoms. The van der Waals surface area contributed by atoms with Gasteiger partial charge in [0.1, 0.15) is 5.37 Å². The van der Waals surface area contributed by atoms with Crippen LogP contribution < -0.4 is 16.4 Å². The van der Waals surface area contributed by atoms with Crippen LogP contribution in [0.2, 0.25) is 0 Å². The summed E-state index contributed by atoms with van der Waals surface area (Å²) in [7, 11) is -3.76. The topological polar surface area (TPSA) is 159 Å². The highest BCUT2D eigenvalue weighted by molar-refractivity contribution is 7.92. The molecule has 2 heterocycles. The lowest BCUT2D eigenvalue weighted by Gasteiger charge is -2.34. The molecule has 0 aliphatic carbocycles. The first-order valence-corrected chi connectivity index (χ1v) is 13.8. The van der Waals surface area contributed by atoms with Crippen molar-refractivity contribution in [2.24, 2.45) is 17.6 Å². The van der Waals surface area contributed by atoms with Crippen LogP contribution in [0.5, 0.6) is 0 Å². The van der Waals surface area contributed by atoms with Crippen LogP contribution in [0.4, 0.5) is 0 Å². The van der Waals surface area contributed by atoms with E-state index in [0.717, 1.165) is 32.4 Å². The Morgan fingerprint density at radius 1 is 1.21 bits per heavy atom. The number of carboxylic acids is 1. The Bertz CT molecular complexity index is 769. The number of unbranched alkanes of at least 4 members (excludes halogenated alkanes) is 1. The Balaban J connectivity index is 1.94. The highest BCUT2D eigenvalue weighted by Gasteiger charge is 2.35. The monoisotopic (exact) mass is 488 g/mol. The lowest BCUT2D eigenvalue weighted by molar-refractivity contribution is -0.138. The van der Waals surface area contributed by atoms with E-state index in [1.807, 2.05) is 6.92 Å². The second-order valence-corrected chi connectivity index (χ2v) is 11.6. The highest BCUT2D eigenvalue weighted by atomic mass is 32.2. The zero-order valence-corrected chi connectivity index (χ0v) is 20.4. The zero-order valence-electron chi connectivity index (χ0n) is 19.6. The fraction of sp³-hybridized carbons (Fsp3) is 0.864. The summed E-state index contributed by atoms with van der Waals surface area (Å²) in [6.45, 7) is 4.67. The predicted molar refractivity (Wildman–Crippen MR) is 125 cm³/mol.